The van der Waals surface area contributed by atoms with Crippen LogP contribution in [0.1, 0.15) is 0 Å². The first-order chi connectivity index (χ1) is 4.42. The zero-order chi connectivity index (χ0) is 8.20. The van der Waals surface area contributed by atoms with Gasteiger partial charge >= 0.3 is 0 Å². The lowest BCUT2D eigenvalue weighted by atomic mass is 10.6. The van der Waals surface area contributed by atoms with E-state index in [1.54, 1.807) is 0 Å². The Bertz CT molecular complexity index is 111. The van der Waals surface area contributed by atoms with Crippen LogP contribution < -0.4 is 0 Å². The van der Waals surface area contributed by atoms with E-state index in [-0.39, 0.29) is 0 Å². The monoisotopic (exact) mass is 157 g/mol. The van der Waals surface area contributed by atoms with Crippen LogP contribution in [0.2, 0.25) is 25.7 Å². The Morgan fingerprint density at radius 2 is 1.70 bits per heavy atom. The minimum atomic E-state index is -0.838. The maximum absolute atomic E-state index is 2.38. The Hall–Kier alpha value is -0.243. The number of hydrogen-bond acceptors (Lipinski definition) is 1. The molecule has 2 heteroatoms. The van der Waals surface area contributed by atoms with Crippen LogP contribution in [0.4, 0.5) is 0 Å². The molecule has 0 amide bonds. The molecule has 0 heterocycles. The molecule has 0 aliphatic rings. The van der Waals surface area contributed by atoms with Crippen molar-refractivity contribution in [3.8, 4) is 0 Å². The highest BCUT2D eigenvalue weighted by molar-refractivity contribution is 6.76. The fourth-order valence-electron chi connectivity index (χ4n) is 0.617. The predicted octanol–water partition coefficient (Wildman–Crippen LogP) is 2.40. The highest BCUT2D eigenvalue weighted by atomic mass is 28.3. The summed E-state index contributed by atoms with van der Waals surface area (Å²) in [4.78, 5) is 2.08. The predicted molar refractivity (Wildman–Crippen MR) is 51.0 cm³/mol. The van der Waals surface area contributed by atoms with Crippen LogP contribution in [-0.2, 0) is 0 Å². The molecule has 0 aliphatic heterocycles. The number of allylic oxidation sites excluding steroid dienone is 1. The normalized spacial score (nSPS) is 12.5. The standard InChI is InChI=1S/C8H19NSi/c1-9(2)7-6-8-10(3,4)5/h6-7H,8H2,1-5H3/b7-6+. The quantitative estimate of drug-likeness (QED) is 0.569. The van der Waals surface area contributed by atoms with Gasteiger partial charge in [-0.2, -0.15) is 0 Å². The highest BCUT2D eigenvalue weighted by Gasteiger charge is 2.09. The van der Waals surface area contributed by atoms with Gasteiger partial charge in [-0.1, -0.05) is 25.7 Å². The van der Waals surface area contributed by atoms with E-state index < -0.39 is 8.07 Å². The molecule has 0 rings (SSSR count). The van der Waals surface area contributed by atoms with E-state index in [0.717, 1.165) is 0 Å². The maximum atomic E-state index is 2.38. The highest BCUT2D eigenvalue weighted by Crippen LogP contribution is 2.08. The number of nitrogens with zero attached hydrogens (tertiary/aromatic N) is 1. The first-order valence-electron chi connectivity index (χ1n) is 3.75. The molecule has 0 spiro atoms. The lowest BCUT2D eigenvalue weighted by Gasteiger charge is -2.12. The van der Waals surface area contributed by atoms with Gasteiger partial charge in [-0.15, -0.1) is 0 Å². The summed E-state index contributed by atoms with van der Waals surface area (Å²) in [5, 5.41) is 0. The third kappa shape index (κ3) is 7.76. The Labute approximate surface area is 65.7 Å². The van der Waals surface area contributed by atoms with Crippen molar-refractivity contribution in [2.24, 2.45) is 0 Å². The molecule has 0 N–H and O–H groups in total. The van der Waals surface area contributed by atoms with Gasteiger partial charge in [0.25, 0.3) is 0 Å². The summed E-state index contributed by atoms with van der Waals surface area (Å²) in [6.07, 6.45) is 4.41. The van der Waals surface area contributed by atoms with Gasteiger partial charge in [-0.05, 0) is 12.2 Å². The first kappa shape index (κ1) is 9.76. The minimum absolute atomic E-state index is 0.838. The summed E-state index contributed by atoms with van der Waals surface area (Å²) < 4.78 is 0. The van der Waals surface area contributed by atoms with E-state index in [9.17, 15) is 0 Å². The van der Waals surface area contributed by atoms with E-state index in [0.29, 0.717) is 0 Å². The third-order valence-corrected chi connectivity index (χ3v) is 2.59. The zero-order valence-electron chi connectivity index (χ0n) is 7.81. The third-order valence-electron chi connectivity index (χ3n) is 1.13. The Morgan fingerprint density at radius 1 is 1.20 bits per heavy atom. The van der Waals surface area contributed by atoms with Crippen molar-refractivity contribution in [2.75, 3.05) is 14.1 Å². The Morgan fingerprint density at radius 3 is 2.00 bits per heavy atom. The molecule has 0 atom stereocenters. The van der Waals surface area contributed by atoms with Crippen molar-refractivity contribution in [3.05, 3.63) is 12.3 Å². The van der Waals surface area contributed by atoms with Crippen LogP contribution in [0.3, 0.4) is 0 Å². The summed E-state index contributed by atoms with van der Waals surface area (Å²) in [6.45, 7) is 7.15. The molecular formula is C8H19NSi. The van der Waals surface area contributed by atoms with Gasteiger partial charge in [-0.3, -0.25) is 0 Å². The van der Waals surface area contributed by atoms with Crippen molar-refractivity contribution in [3.63, 3.8) is 0 Å². The molecule has 1 nitrogen and oxygen atoms in total. The molecule has 0 aromatic rings. The van der Waals surface area contributed by atoms with Crippen LogP contribution in [-0.4, -0.2) is 27.1 Å². The molecule has 60 valence electrons. The molecule has 0 fully saturated rings. The van der Waals surface area contributed by atoms with E-state index in [1.165, 1.54) is 6.04 Å². The van der Waals surface area contributed by atoms with Crippen molar-refractivity contribution in [2.45, 2.75) is 25.7 Å². The van der Waals surface area contributed by atoms with Crippen LogP contribution in [0.25, 0.3) is 0 Å². The van der Waals surface area contributed by atoms with Gasteiger partial charge in [-0.25, -0.2) is 0 Å². The van der Waals surface area contributed by atoms with Gasteiger partial charge in [0.1, 0.15) is 0 Å². The van der Waals surface area contributed by atoms with Crippen molar-refractivity contribution < 1.29 is 0 Å². The fourth-order valence-corrected chi connectivity index (χ4v) is 1.43. The lowest BCUT2D eigenvalue weighted by Crippen LogP contribution is -2.17. The second-order valence-electron chi connectivity index (χ2n) is 4.11. The molecule has 0 bridgehead atoms. The molecule has 0 radical (unpaired) electrons. The molecular weight excluding hydrogens is 138 g/mol. The second kappa shape index (κ2) is 3.81. The molecule has 0 aliphatic carbocycles. The number of rotatable bonds is 3. The SMILES string of the molecule is CN(C)/C=C/C[Si](C)(C)C. The van der Waals surface area contributed by atoms with Crippen LogP contribution in [0.15, 0.2) is 12.3 Å². The average molecular weight is 157 g/mol. The summed E-state index contributed by atoms with van der Waals surface area (Å²) >= 11 is 0. The van der Waals surface area contributed by atoms with Gasteiger partial charge in [0.15, 0.2) is 0 Å². The molecule has 0 saturated carbocycles. The molecule has 10 heavy (non-hydrogen) atoms. The smallest absolute Gasteiger partial charge is 0.0480 e. The average Bonchev–Trinajstić information content (AvgIpc) is 1.59. The van der Waals surface area contributed by atoms with Crippen LogP contribution in [0, 0.1) is 0 Å². The van der Waals surface area contributed by atoms with E-state index >= 15 is 0 Å². The number of hydrogen-bond donors (Lipinski definition) is 0. The topological polar surface area (TPSA) is 3.24 Å². The van der Waals surface area contributed by atoms with Gasteiger partial charge < -0.3 is 4.90 Å². The summed E-state index contributed by atoms with van der Waals surface area (Å²) in [5.41, 5.74) is 0. The molecule has 0 aromatic carbocycles. The largest absolute Gasteiger partial charge is 0.384 e. The van der Waals surface area contributed by atoms with Crippen molar-refractivity contribution in [1.82, 2.24) is 4.90 Å². The van der Waals surface area contributed by atoms with Gasteiger partial charge in [0.2, 0.25) is 0 Å². The van der Waals surface area contributed by atoms with Crippen LogP contribution >= 0.6 is 0 Å². The molecule has 0 aromatic heterocycles. The summed E-state index contributed by atoms with van der Waals surface area (Å²) in [5.74, 6) is 0. The first-order valence-corrected chi connectivity index (χ1v) is 7.45. The lowest BCUT2D eigenvalue weighted by molar-refractivity contribution is 0.563. The molecule has 0 saturated heterocycles. The van der Waals surface area contributed by atoms with Gasteiger partial charge in [0.05, 0.1) is 0 Å². The Kier molecular flexibility index (Phi) is 3.72. The molecule has 0 unspecified atom stereocenters. The second-order valence-corrected chi connectivity index (χ2v) is 9.64. The Balaban J connectivity index is 3.54. The van der Waals surface area contributed by atoms with E-state index in [1.807, 2.05) is 0 Å². The summed E-state index contributed by atoms with van der Waals surface area (Å²) in [7, 11) is 3.28. The van der Waals surface area contributed by atoms with Gasteiger partial charge in [0, 0.05) is 22.2 Å². The zero-order valence-corrected chi connectivity index (χ0v) is 8.81. The minimum Gasteiger partial charge on any atom is -0.384 e. The van der Waals surface area contributed by atoms with Crippen molar-refractivity contribution in [1.29, 1.82) is 0 Å². The van der Waals surface area contributed by atoms with Crippen molar-refractivity contribution >= 4 is 8.07 Å². The summed E-state index contributed by atoms with van der Waals surface area (Å²) in [6, 6.07) is 1.28. The fraction of sp³-hybridized carbons (Fsp3) is 0.750. The van der Waals surface area contributed by atoms with E-state index in [2.05, 4.69) is 50.9 Å². The maximum Gasteiger partial charge on any atom is 0.0480 e. The van der Waals surface area contributed by atoms with Crippen LogP contribution in [0.5, 0.6) is 0 Å². The van der Waals surface area contributed by atoms with E-state index in [4.69, 9.17) is 0 Å².